The lowest BCUT2D eigenvalue weighted by Crippen LogP contribution is -2.42. The maximum atomic E-state index is 12.4. The van der Waals surface area contributed by atoms with Crippen LogP contribution in [0, 0.1) is 0 Å². The van der Waals surface area contributed by atoms with Crippen molar-refractivity contribution in [1.29, 1.82) is 0 Å². The van der Waals surface area contributed by atoms with Gasteiger partial charge in [-0.1, -0.05) is 19.9 Å². The molecule has 0 bridgehead atoms. The first-order chi connectivity index (χ1) is 12.0. The number of hydrogen-bond acceptors (Lipinski definition) is 5. The lowest BCUT2D eigenvalue weighted by molar-refractivity contribution is 0.0415. The maximum Gasteiger partial charge on any atom is 0.415 e. The highest BCUT2D eigenvalue weighted by Crippen LogP contribution is 2.28. The van der Waals surface area contributed by atoms with Gasteiger partial charge in [0.1, 0.15) is 5.75 Å². The molecule has 1 saturated heterocycles. The minimum Gasteiger partial charge on any atom is -0.409 e. The summed E-state index contributed by atoms with van der Waals surface area (Å²) >= 11 is 0. The van der Waals surface area contributed by atoms with Crippen LogP contribution in [0.15, 0.2) is 18.2 Å². The van der Waals surface area contributed by atoms with E-state index in [-0.39, 0.29) is 11.8 Å². The highest BCUT2D eigenvalue weighted by Gasteiger charge is 2.22. The van der Waals surface area contributed by atoms with Gasteiger partial charge in [0.15, 0.2) is 5.78 Å². The molecule has 1 aliphatic heterocycles. The number of morpholine rings is 1. The van der Waals surface area contributed by atoms with Crippen molar-refractivity contribution in [3.63, 3.8) is 0 Å². The monoisotopic (exact) mass is 348 g/mol. The number of ketones is 1. The molecule has 1 aliphatic rings. The molecular weight excluding hydrogens is 320 g/mol. The minimum atomic E-state index is -0.432. The summed E-state index contributed by atoms with van der Waals surface area (Å²) in [5, 5.41) is 0. The van der Waals surface area contributed by atoms with Gasteiger partial charge in [0, 0.05) is 19.1 Å². The van der Waals surface area contributed by atoms with Crippen LogP contribution in [0.1, 0.15) is 49.7 Å². The first-order valence-corrected chi connectivity index (χ1v) is 8.91. The number of rotatable bonds is 6. The summed E-state index contributed by atoms with van der Waals surface area (Å²) < 4.78 is 10.8. The average molecular weight is 348 g/mol. The van der Waals surface area contributed by atoms with Gasteiger partial charge in [0.05, 0.1) is 18.8 Å². The second kappa shape index (κ2) is 8.97. The second-order valence-electron chi connectivity index (χ2n) is 6.18. The summed E-state index contributed by atoms with van der Waals surface area (Å²) in [6.07, 6.45) is -0.432. The third kappa shape index (κ3) is 4.80. The Balaban J connectivity index is 2.25. The van der Waals surface area contributed by atoms with Crippen molar-refractivity contribution in [3.05, 3.63) is 29.3 Å². The number of Topliss-reactive ketones (excluding diaryl/α,β-unsaturated/α-hetero) is 1. The Bertz CT molecular complexity index is 607. The van der Waals surface area contributed by atoms with E-state index in [2.05, 4.69) is 25.7 Å². The molecule has 0 aliphatic carbocycles. The van der Waals surface area contributed by atoms with E-state index in [1.54, 1.807) is 11.0 Å². The van der Waals surface area contributed by atoms with Gasteiger partial charge < -0.3 is 14.4 Å². The summed E-state index contributed by atoms with van der Waals surface area (Å²) in [4.78, 5) is 28.2. The SMILES string of the molecule is CCN(CC)C(C)c1ccc(C(C)=O)c(OC(=O)N2CCOCC2)c1. The standard InChI is InChI=1S/C19H28N2O4/c1-5-20(6-2)14(3)16-7-8-17(15(4)22)18(13-16)25-19(23)21-9-11-24-12-10-21/h7-8,13-14H,5-6,9-12H2,1-4H3. The molecule has 6 heteroatoms. The van der Waals surface area contributed by atoms with E-state index in [4.69, 9.17) is 9.47 Å². The fourth-order valence-corrected chi connectivity index (χ4v) is 3.06. The molecule has 0 spiro atoms. The van der Waals surface area contributed by atoms with E-state index in [0.29, 0.717) is 37.6 Å². The number of carbonyl (C=O) groups is 2. The van der Waals surface area contributed by atoms with E-state index in [9.17, 15) is 9.59 Å². The van der Waals surface area contributed by atoms with Gasteiger partial charge in [-0.25, -0.2) is 4.79 Å². The second-order valence-corrected chi connectivity index (χ2v) is 6.18. The van der Waals surface area contributed by atoms with E-state index >= 15 is 0 Å². The molecule has 1 aromatic carbocycles. The van der Waals surface area contributed by atoms with Crippen LogP contribution in [0.25, 0.3) is 0 Å². The molecule has 2 rings (SSSR count). The third-order valence-electron chi connectivity index (χ3n) is 4.69. The van der Waals surface area contributed by atoms with Crippen LogP contribution < -0.4 is 4.74 Å². The average Bonchev–Trinajstić information content (AvgIpc) is 2.63. The summed E-state index contributed by atoms with van der Waals surface area (Å²) in [7, 11) is 0. The summed E-state index contributed by atoms with van der Waals surface area (Å²) in [6, 6.07) is 5.68. The summed E-state index contributed by atoms with van der Waals surface area (Å²) in [5.41, 5.74) is 1.45. The van der Waals surface area contributed by atoms with Crippen LogP contribution in [0.3, 0.4) is 0 Å². The number of benzene rings is 1. The molecule has 1 atom stereocenters. The Labute approximate surface area is 149 Å². The molecule has 1 heterocycles. The topological polar surface area (TPSA) is 59.1 Å². The lowest BCUT2D eigenvalue weighted by Gasteiger charge is -2.28. The van der Waals surface area contributed by atoms with Gasteiger partial charge in [-0.2, -0.15) is 0 Å². The number of hydrogen-bond donors (Lipinski definition) is 0. The Morgan fingerprint density at radius 3 is 2.44 bits per heavy atom. The van der Waals surface area contributed by atoms with Gasteiger partial charge in [-0.15, -0.1) is 0 Å². The van der Waals surface area contributed by atoms with E-state index < -0.39 is 6.09 Å². The Hall–Kier alpha value is -1.92. The fraction of sp³-hybridized carbons (Fsp3) is 0.579. The first-order valence-electron chi connectivity index (χ1n) is 8.91. The zero-order chi connectivity index (χ0) is 18.4. The normalized spacial score (nSPS) is 16.0. The van der Waals surface area contributed by atoms with Crippen molar-refractivity contribution >= 4 is 11.9 Å². The number of ether oxygens (including phenoxy) is 2. The molecule has 1 unspecified atom stereocenters. The highest BCUT2D eigenvalue weighted by atomic mass is 16.6. The van der Waals surface area contributed by atoms with Crippen molar-refractivity contribution in [2.45, 2.75) is 33.7 Å². The molecular formula is C19H28N2O4. The van der Waals surface area contributed by atoms with Crippen LogP contribution in [0.2, 0.25) is 0 Å². The molecule has 25 heavy (non-hydrogen) atoms. The quantitative estimate of drug-likeness (QED) is 0.739. The molecule has 0 saturated carbocycles. The largest absolute Gasteiger partial charge is 0.415 e. The molecule has 0 N–H and O–H groups in total. The van der Waals surface area contributed by atoms with Gasteiger partial charge >= 0.3 is 6.09 Å². The van der Waals surface area contributed by atoms with Crippen molar-refractivity contribution < 1.29 is 19.1 Å². The van der Waals surface area contributed by atoms with Crippen LogP contribution in [-0.2, 0) is 4.74 Å². The van der Waals surface area contributed by atoms with Crippen molar-refractivity contribution in [2.75, 3.05) is 39.4 Å². The minimum absolute atomic E-state index is 0.119. The molecule has 1 aromatic rings. The predicted molar refractivity (Wildman–Crippen MR) is 96.2 cm³/mol. The Kier molecular flexibility index (Phi) is 6.96. The zero-order valence-corrected chi connectivity index (χ0v) is 15.6. The van der Waals surface area contributed by atoms with E-state index in [1.807, 2.05) is 12.1 Å². The smallest absolute Gasteiger partial charge is 0.409 e. The zero-order valence-electron chi connectivity index (χ0n) is 15.6. The molecule has 0 radical (unpaired) electrons. The number of amides is 1. The van der Waals surface area contributed by atoms with E-state index in [1.165, 1.54) is 6.92 Å². The Morgan fingerprint density at radius 1 is 1.24 bits per heavy atom. The number of carbonyl (C=O) groups excluding carboxylic acids is 2. The third-order valence-corrected chi connectivity index (χ3v) is 4.69. The highest BCUT2D eigenvalue weighted by molar-refractivity contribution is 5.97. The molecule has 138 valence electrons. The van der Waals surface area contributed by atoms with Gasteiger partial charge in [0.2, 0.25) is 0 Å². The lowest BCUT2D eigenvalue weighted by atomic mass is 10.0. The van der Waals surface area contributed by atoms with E-state index in [0.717, 1.165) is 18.7 Å². The molecule has 1 amide bonds. The van der Waals surface area contributed by atoms with Crippen LogP contribution in [0.4, 0.5) is 4.79 Å². The van der Waals surface area contributed by atoms with Crippen LogP contribution in [0.5, 0.6) is 5.75 Å². The number of nitrogens with zero attached hydrogens (tertiary/aromatic N) is 2. The van der Waals surface area contributed by atoms with Gasteiger partial charge in [-0.05, 0) is 44.6 Å². The van der Waals surface area contributed by atoms with Crippen molar-refractivity contribution in [2.24, 2.45) is 0 Å². The van der Waals surface area contributed by atoms with Gasteiger partial charge in [-0.3, -0.25) is 9.69 Å². The van der Waals surface area contributed by atoms with Crippen molar-refractivity contribution in [1.82, 2.24) is 9.80 Å². The first kappa shape index (κ1) is 19.4. The maximum absolute atomic E-state index is 12.4. The summed E-state index contributed by atoms with van der Waals surface area (Å²) in [5.74, 6) is 0.215. The fourth-order valence-electron chi connectivity index (χ4n) is 3.06. The van der Waals surface area contributed by atoms with Crippen molar-refractivity contribution in [3.8, 4) is 5.75 Å². The van der Waals surface area contributed by atoms with Crippen LogP contribution >= 0.6 is 0 Å². The molecule has 0 aromatic heterocycles. The van der Waals surface area contributed by atoms with Crippen LogP contribution in [-0.4, -0.2) is 61.1 Å². The summed E-state index contributed by atoms with van der Waals surface area (Å²) in [6.45, 7) is 11.7. The predicted octanol–water partition coefficient (Wildman–Crippen LogP) is 3.12. The Morgan fingerprint density at radius 2 is 1.88 bits per heavy atom. The molecule has 1 fully saturated rings. The van der Waals surface area contributed by atoms with Gasteiger partial charge in [0.25, 0.3) is 0 Å². The molecule has 6 nitrogen and oxygen atoms in total.